The van der Waals surface area contributed by atoms with E-state index in [1.54, 1.807) is 0 Å². The van der Waals surface area contributed by atoms with Crippen LogP contribution in [0, 0.1) is 5.92 Å². The SMILES string of the molecule is CC(C)(C)[Si](OCC1CCNC1Cc1ccccc1)(c1ccccc1)c1ccccc1. The average molecular weight is 430 g/mol. The van der Waals surface area contributed by atoms with Gasteiger partial charge >= 0.3 is 0 Å². The van der Waals surface area contributed by atoms with E-state index in [-0.39, 0.29) is 5.04 Å². The van der Waals surface area contributed by atoms with Crippen molar-refractivity contribution in [2.45, 2.75) is 44.7 Å². The molecule has 4 rings (SSSR count). The maximum Gasteiger partial charge on any atom is 0.261 e. The molecule has 0 radical (unpaired) electrons. The summed E-state index contributed by atoms with van der Waals surface area (Å²) in [5.74, 6) is 0.529. The van der Waals surface area contributed by atoms with Crippen molar-refractivity contribution in [3.8, 4) is 0 Å². The van der Waals surface area contributed by atoms with Gasteiger partial charge in [-0.05, 0) is 46.3 Å². The molecule has 0 saturated carbocycles. The molecule has 1 saturated heterocycles. The zero-order chi connectivity index (χ0) is 21.7. The second kappa shape index (κ2) is 9.52. The molecule has 0 aliphatic carbocycles. The van der Waals surface area contributed by atoms with Crippen LogP contribution in [-0.2, 0) is 10.8 Å². The largest absolute Gasteiger partial charge is 0.407 e. The molecule has 1 N–H and O–H groups in total. The second-order valence-electron chi connectivity index (χ2n) is 9.77. The maximum absolute atomic E-state index is 7.22. The van der Waals surface area contributed by atoms with E-state index in [2.05, 4.69) is 117 Å². The Hall–Kier alpha value is -2.20. The maximum atomic E-state index is 7.22. The predicted octanol–water partition coefficient (Wildman–Crippen LogP) is 4.78. The zero-order valence-electron chi connectivity index (χ0n) is 19.1. The highest BCUT2D eigenvalue weighted by molar-refractivity contribution is 6.99. The zero-order valence-corrected chi connectivity index (χ0v) is 20.1. The number of hydrogen-bond acceptors (Lipinski definition) is 2. The molecule has 3 aromatic carbocycles. The summed E-state index contributed by atoms with van der Waals surface area (Å²) >= 11 is 0. The van der Waals surface area contributed by atoms with Gasteiger partial charge in [0, 0.05) is 12.6 Å². The van der Waals surface area contributed by atoms with Gasteiger partial charge in [0.15, 0.2) is 0 Å². The van der Waals surface area contributed by atoms with Crippen LogP contribution in [0.3, 0.4) is 0 Å². The van der Waals surface area contributed by atoms with Gasteiger partial charge in [-0.1, -0.05) is 112 Å². The van der Waals surface area contributed by atoms with Crippen molar-refractivity contribution < 1.29 is 4.43 Å². The van der Waals surface area contributed by atoms with Crippen molar-refractivity contribution in [2.75, 3.05) is 13.2 Å². The molecule has 1 fully saturated rings. The van der Waals surface area contributed by atoms with E-state index in [1.165, 1.54) is 22.4 Å². The Balaban J connectivity index is 1.64. The molecule has 1 heterocycles. The summed E-state index contributed by atoms with van der Waals surface area (Å²) in [5.41, 5.74) is 1.40. The minimum Gasteiger partial charge on any atom is -0.407 e. The fourth-order valence-corrected chi connectivity index (χ4v) is 9.74. The molecule has 0 bridgehead atoms. The lowest BCUT2D eigenvalue weighted by Crippen LogP contribution is -2.67. The van der Waals surface area contributed by atoms with Crippen molar-refractivity contribution >= 4 is 18.7 Å². The van der Waals surface area contributed by atoms with Gasteiger partial charge in [-0.15, -0.1) is 0 Å². The summed E-state index contributed by atoms with van der Waals surface area (Å²) in [6.07, 6.45) is 2.24. The highest BCUT2D eigenvalue weighted by Crippen LogP contribution is 2.37. The Morgan fingerprint density at radius 3 is 1.84 bits per heavy atom. The predicted molar refractivity (Wildman–Crippen MR) is 134 cm³/mol. The molecule has 31 heavy (non-hydrogen) atoms. The number of benzene rings is 3. The van der Waals surface area contributed by atoms with Crippen LogP contribution in [0.25, 0.3) is 0 Å². The lowest BCUT2D eigenvalue weighted by atomic mass is 9.95. The molecule has 1 aliphatic rings. The molecule has 3 aromatic rings. The quantitative estimate of drug-likeness (QED) is 0.546. The monoisotopic (exact) mass is 429 g/mol. The number of rotatable bonds is 7. The van der Waals surface area contributed by atoms with Crippen LogP contribution in [0.2, 0.25) is 5.04 Å². The third kappa shape index (κ3) is 4.69. The van der Waals surface area contributed by atoms with Crippen LogP contribution < -0.4 is 15.7 Å². The lowest BCUT2D eigenvalue weighted by molar-refractivity contribution is 0.221. The third-order valence-electron chi connectivity index (χ3n) is 6.72. The third-order valence-corrected chi connectivity index (χ3v) is 11.7. The van der Waals surface area contributed by atoms with Gasteiger partial charge in [-0.25, -0.2) is 0 Å². The Morgan fingerprint density at radius 2 is 1.32 bits per heavy atom. The van der Waals surface area contributed by atoms with E-state index in [0.717, 1.165) is 19.6 Å². The van der Waals surface area contributed by atoms with Gasteiger partial charge in [0.05, 0.1) is 0 Å². The Labute approximate surface area is 188 Å². The molecular weight excluding hydrogens is 394 g/mol. The van der Waals surface area contributed by atoms with Crippen LogP contribution in [0.5, 0.6) is 0 Å². The molecule has 2 unspecified atom stereocenters. The van der Waals surface area contributed by atoms with Crippen molar-refractivity contribution in [1.82, 2.24) is 5.32 Å². The fourth-order valence-electron chi connectivity index (χ4n) is 5.12. The minimum atomic E-state index is -2.47. The number of nitrogens with one attached hydrogen (secondary N) is 1. The fraction of sp³-hybridized carbons (Fsp3) is 0.357. The van der Waals surface area contributed by atoms with Crippen molar-refractivity contribution in [2.24, 2.45) is 5.92 Å². The van der Waals surface area contributed by atoms with Crippen molar-refractivity contribution in [1.29, 1.82) is 0 Å². The smallest absolute Gasteiger partial charge is 0.261 e. The van der Waals surface area contributed by atoms with Crippen molar-refractivity contribution in [3.05, 3.63) is 96.6 Å². The average Bonchev–Trinajstić information content (AvgIpc) is 3.22. The first-order valence-electron chi connectivity index (χ1n) is 11.5. The van der Waals surface area contributed by atoms with E-state index in [0.29, 0.717) is 12.0 Å². The van der Waals surface area contributed by atoms with Crippen LogP contribution in [-0.4, -0.2) is 27.5 Å². The molecule has 2 nitrogen and oxygen atoms in total. The molecule has 0 aromatic heterocycles. The summed E-state index contributed by atoms with van der Waals surface area (Å²) in [4.78, 5) is 0. The first-order valence-corrected chi connectivity index (χ1v) is 13.4. The van der Waals surface area contributed by atoms with Crippen LogP contribution in [0.15, 0.2) is 91.0 Å². The van der Waals surface area contributed by atoms with Crippen LogP contribution in [0.1, 0.15) is 32.8 Å². The van der Waals surface area contributed by atoms with E-state index in [9.17, 15) is 0 Å². The Morgan fingerprint density at radius 1 is 0.806 bits per heavy atom. The minimum absolute atomic E-state index is 0.0245. The number of hydrogen-bond donors (Lipinski definition) is 1. The van der Waals surface area contributed by atoms with Gasteiger partial charge in [0.1, 0.15) is 0 Å². The summed E-state index contributed by atoms with van der Waals surface area (Å²) in [6.45, 7) is 8.94. The highest BCUT2D eigenvalue weighted by Gasteiger charge is 2.50. The van der Waals surface area contributed by atoms with Crippen molar-refractivity contribution in [3.63, 3.8) is 0 Å². The van der Waals surface area contributed by atoms with Gasteiger partial charge in [0.25, 0.3) is 8.32 Å². The lowest BCUT2D eigenvalue weighted by Gasteiger charge is -2.43. The molecule has 2 atom stereocenters. The van der Waals surface area contributed by atoms with Crippen LogP contribution in [0.4, 0.5) is 0 Å². The van der Waals surface area contributed by atoms with E-state index in [4.69, 9.17) is 4.43 Å². The van der Waals surface area contributed by atoms with Gasteiger partial charge in [0.2, 0.25) is 0 Å². The topological polar surface area (TPSA) is 21.3 Å². The first-order chi connectivity index (χ1) is 15.0. The Bertz CT molecular complexity index is 898. The van der Waals surface area contributed by atoms with Crippen LogP contribution >= 0.6 is 0 Å². The first kappa shape index (κ1) is 22.0. The van der Waals surface area contributed by atoms with E-state index in [1.807, 2.05) is 0 Å². The molecule has 0 amide bonds. The summed E-state index contributed by atoms with van der Waals surface area (Å²) < 4.78 is 7.22. The molecular formula is C28H35NOSi. The molecule has 3 heteroatoms. The summed E-state index contributed by atoms with van der Waals surface area (Å²) in [6, 6.07) is 33.3. The van der Waals surface area contributed by atoms with Gasteiger partial charge in [-0.3, -0.25) is 0 Å². The van der Waals surface area contributed by atoms with Gasteiger partial charge in [-0.2, -0.15) is 0 Å². The molecule has 1 aliphatic heterocycles. The van der Waals surface area contributed by atoms with E-state index >= 15 is 0 Å². The standard InChI is InChI=1S/C28H35NOSi/c1-28(2,3)31(25-15-9-5-10-16-25,26-17-11-6-12-18-26)30-22-24-19-20-29-27(24)21-23-13-7-4-8-14-23/h4-18,24,27,29H,19-22H2,1-3H3. The normalized spacial score (nSPS) is 19.5. The van der Waals surface area contributed by atoms with E-state index < -0.39 is 8.32 Å². The summed E-state index contributed by atoms with van der Waals surface area (Å²) in [7, 11) is -2.47. The summed E-state index contributed by atoms with van der Waals surface area (Å²) in [5, 5.41) is 6.49. The van der Waals surface area contributed by atoms with Gasteiger partial charge < -0.3 is 9.74 Å². The second-order valence-corrected chi connectivity index (χ2v) is 14.1. The molecule has 162 valence electrons. The highest BCUT2D eigenvalue weighted by atomic mass is 28.4. The Kier molecular flexibility index (Phi) is 6.76. The molecule has 0 spiro atoms.